The number of primary amides is 1. The second-order valence-corrected chi connectivity index (χ2v) is 1.94. The second kappa shape index (κ2) is 4.42. The number of carbonyl (C=O) groups excluding carboxylic acids is 1. The minimum absolute atomic E-state index is 0.583. The van der Waals surface area contributed by atoms with Gasteiger partial charge in [-0.05, 0) is 0 Å². The van der Waals surface area contributed by atoms with E-state index in [1.54, 1.807) is 0 Å². The van der Waals surface area contributed by atoms with Crippen LogP contribution in [0.3, 0.4) is 0 Å². The van der Waals surface area contributed by atoms with E-state index in [1.165, 1.54) is 0 Å². The summed E-state index contributed by atoms with van der Waals surface area (Å²) in [7, 11) is -4.89. The second-order valence-electron chi connectivity index (χ2n) is 0.957. The molecule has 9 heavy (non-hydrogen) atoms. The average Bonchev–Trinajstić information content (AvgIpc) is 1.19. The Bertz CT molecular complexity index is 115. The maximum absolute atomic E-state index is 9.11. The highest BCUT2D eigenvalue weighted by atomic mass is 31.2. The third-order valence-electron chi connectivity index (χ3n) is 0. The summed E-state index contributed by atoms with van der Waals surface area (Å²) in [5.41, 5.74) is 7.14. The lowest BCUT2D eigenvalue weighted by Crippen LogP contribution is -2.60. The molecule has 0 aliphatic rings. The predicted octanol–water partition coefficient (Wildman–Crippen LogP) is -3.25. The molecule has 0 aromatic carbocycles. The molecule has 7 nitrogen and oxygen atoms in total. The molecule has 0 radical (unpaired) electrons. The molecular weight excluding hydrogens is 151 g/mol. The number of hydrogen-bond acceptors (Lipinski definition) is 3. The lowest BCUT2D eigenvalue weighted by molar-refractivity contribution is -0.245. The molecule has 0 atom stereocenters. The molecule has 8 heteroatoms. The van der Waals surface area contributed by atoms with E-state index >= 15 is 0 Å². The Morgan fingerprint density at radius 3 is 1.67 bits per heavy atom. The molecule has 0 aromatic rings. The SMILES string of the molecule is NC([NH3+])=O.O=P([O-])(O)O. The van der Waals surface area contributed by atoms with Gasteiger partial charge in [-0.3, -0.25) is 10.3 Å². The van der Waals surface area contributed by atoms with Crippen molar-refractivity contribution in [2.45, 2.75) is 0 Å². The van der Waals surface area contributed by atoms with Crippen LogP contribution in [0.2, 0.25) is 0 Å². The van der Waals surface area contributed by atoms with Crippen LogP contribution < -0.4 is 16.4 Å². The minimum Gasteiger partial charge on any atom is -0.756 e. The van der Waals surface area contributed by atoms with Crippen molar-refractivity contribution >= 4 is 13.9 Å². The zero-order valence-electron chi connectivity index (χ0n) is 4.35. The van der Waals surface area contributed by atoms with Gasteiger partial charge in [-0.25, -0.2) is 4.79 Å². The maximum atomic E-state index is 9.11. The Hall–Kier alpha value is -0.460. The van der Waals surface area contributed by atoms with Crippen LogP contribution in [0.5, 0.6) is 0 Å². The summed E-state index contributed by atoms with van der Waals surface area (Å²) in [5, 5.41) is 0. The largest absolute Gasteiger partial charge is 0.756 e. The van der Waals surface area contributed by atoms with E-state index in [2.05, 4.69) is 11.5 Å². The molecule has 0 aromatic heterocycles. The van der Waals surface area contributed by atoms with Crippen LogP contribution >= 0.6 is 7.82 Å². The van der Waals surface area contributed by atoms with Gasteiger partial charge in [0.05, 0.1) is 0 Å². The highest BCUT2D eigenvalue weighted by molar-refractivity contribution is 7.43. The van der Waals surface area contributed by atoms with Gasteiger partial charge in [-0.15, -0.1) is 0 Å². The van der Waals surface area contributed by atoms with Crippen LogP contribution in [0.15, 0.2) is 0 Å². The van der Waals surface area contributed by atoms with E-state index < -0.39 is 13.9 Å². The Kier molecular flexibility index (Phi) is 5.58. The minimum atomic E-state index is -4.89. The number of phosphoric acid groups is 1. The van der Waals surface area contributed by atoms with E-state index in [1.807, 2.05) is 0 Å². The topological polar surface area (TPSA) is 151 Å². The number of urea groups is 1. The summed E-state index contributed by atoms with van der Waals surface area (Å²) in [6.07, 6.45) is 0. The Morgan fingerprint density at radius 1 is 1.67 bits per heavy atom. The summed E-state index contributed by atoms with van der Waals surface area (Å²) in [6, 6.07) is -0.583. The van der Waals surface area contributed by atoms with Gasteiger partial charge in [0.1, 0.15) is 0 Å². The van der Waals surface area contributed by atoms with Crippen molar-refractivity contribution in [2.75, 3.05) is 0 Å². The van der Waals surface area contributed by atoms with Gasteiger partial charge in [-0.2, -0.15) is 0 Å². The van der Waals surface area contributed by atoms with Gasteiger partial charge in [0.15, 0.2) is 0 Å². The molecule has 0 aliphatic carbocycles. The van der Waals surface area contributed by atoms with E-state index in [-0.39, 0.29) is 0 Å². The lowest BCUT2D eigenvalue weighted by atomic mass is 11.2. The van der Waals surface area contributed by atoms with Crippen LogP contribution in [-0.2, 0) is 4.57 Å². The van der Waals surface area contributed by atoms with Gasteiger partial charge in [0.25, 0.3) is 7.82 Å². The number of rotatable bonds is 0. The number of amides is 2. The molecule has 0 aliphatic heterocycles. The van der Waals surface area contributed by atoms with Crippen LogP contribution in [0, 0.1) is 0 Å². The summed E-state index contributed by atoms with van der Waals surface area (Å²) >= 11 is 0. The van der Waals surface area contributed by atoms with E-state index in [4.69, 9.17) is 24.0 Å². The Morgan fingerprint density at radius 2 is 1.67 bits per heavy atom. The molecule has 0 saturated carbocycles. The van der Waals surface area contributed by atoms with E-state index in [0.29, 0.717) is 0 Å². The van der Waals surface area contributed by atoms with Crippen molar-refractivity contribution in [3.8, 4) is 0 Å². The first-order valence-electron chi connectivity index (χ1n) is 1.61. The molecule has 0 saturated heterocycles. The number of nitrogens with two attached hydrogens (primary N) is 1. The van der Waals surface area contributed by atoms with E-state index in [9.17, 15) is 0 Å². The molecule has 0 fully saturated rings. The standard InChI is InChI=1S/CH4N2O.H3O4P/c2-1(3)4;1-5(2,3)4/h(H4,2,3,4);(H3,1,2,3,4). The van der Waals surface area contributed by atoms with Gasteiger partial charge in [0, 0.05) is 0 Å². The summed E-state index contributed by atoms with van der Waals surface area (Å²) in [6.45, 7) is 0. The molecule has 2 amide bonds. The fourth-order valence-corrected chi connectivity index (χ4v) is 0. The van der Waals surface area contributed by atoms with Gasteiger partial charge in [-0.1, -0.05) is 0 Å². The third-order valence-corrected chi connectivity index (χ3v) is 0. The molecule has 56 valence electrons. The fraction of sp³-hybridized carbons (Fsp3) is 0. The van der Waals surface area contributed by atoms with Gasteiger partial charge < -0.3 is 20.4 Å². The summed E-state index contributed by atoms with van der Waals surface area (Å²) in [5.74, 6) is 0. The van der Waals surface area contributed by atoms with Gasteiger partial charge in [0.2, 0.25) is 0 Å². The zero-order chi connectivity index (χ0) is 8.08. The van der Waals surface area contributed by atoms with Gasteiger partial charge >= 0.3 is 6.03 Å². The van der Waals surface area contributed by atoms with Crippen molar-refractivity contribution < 1.29 is 29.8 Å². The maximum Gasteiger partial charge on any atom is 0.409 e. The first-order valence-corrected chi connectivity index (χ1v) is 3.14. The highest BCUT2D eigenvalue weighted by Gasteiger charge is 1.82. The normalized spacial score (nSPS) is 9.33. The van der Waals surface area contributed by atoms with E-state index in [0.717, 1.165) is 0 Å². The summed E-state index contributed by atoms with van der Waals surface area (Å²) in [4.78, 5) is 32.0. The molecule has 7 N–H and O–H groups in total. The van der Waals surface area contributed by atoms with Crippen molar-refractivity contribution in [3.63, 3.8) is 0 Å². The highest BCUT2D eigenvalue weighted by Crippen LogP contribution is 2.18. The monoisotopic (exact) mass is 158 g/mol. The van der Waals surface area contributed by atoms with Crippen molar-refractivity contribution in [3.05, 3.63) is 0 Å². The smallest absolute Gasteiger partial charge is 0.409 e. The summed E-state index contributed by atoms with van der Waals surface area (Å²) < 4.78 is 8.77. The quantitative estimate of drug-likeness (QED) is 0.273. The first-order chi connectivity index (χ1) is 3.73. The molecule has 0 bridgehead atoms. The Labute approximate surface area is 50.5 Å². The number of hydrogen-bond donors (Lipinski definition) is 4. The van der Waals surface area contributed by atoms with Crippen molar-refractivity contribution in [1.29, 1.82) is 0 Å². The van der Waals surface area contributed by atoms with Crippen molar-refractivity contribution in [1.82, 2.24) is 0 Å². The fourth-order valence-electron chi connectivity index (χ4n) is 0. The Balaban J connectivity index is 0. The van der Waals surface area contributed by atoms with Crippen LogP contribution in [0.4, 0.5) is 4.79 Å². The van der Waals surface area contributed by atoms with Crippen LogP contribution in [-0.4, -0.2) is 15.8 Å². The lowest BCUT2D eigenvalue weighted by Gasteiger charge is -2.01. The third kappa shape index (κ3) is 1090. The van der Waals surface area contributed by atoms with Crippen LogP contribution in [0.25, 0.3) is 0 Å². The predicted molar refractivity (Wildman–Crippen MR) is 24.5 cm³/mol. The average molecular weight is 158 g/mol. The molecular formula is CH7N2O5P. The molecule has 0 spiro atoms. The van der Waals surface area contributed by atoms with Crippen molar-refractivity contribution in [2.24, 2.45) is 5.73 Å². The molecule has 0 unspecified atom stereocenters. The molecule has 0 heterocycles. The van der Waals surface area contributed by atoms with Crippen LogP contribution in [0.1, 0.15) is 0 Å². The number of carbonyl (C=O) groups is 1. The first kappa shape index (κ1) is 11.4. The number of quaternary nitrogens is 1. The zero-order valence-corrected chi connectivity index (χ0v) is 5.25. The molecule has 0 rings (SSSR count).